The highest BCUT2D eigenvalue weighted by atomic mass is 79.9. The fraction of sp³-hybridized carbons (Fsp3) is 0.231. The lowest BCUT2D eigenvalue weighted by Gasteiger charge is -2.05. The van der Waals surface area contributed by atoms with Gasteiger partial charge in [0, 0.05) is 15.5 Å². The predicted molar refractivity (Wildman–Crippen MR) is 78.5 cm³/mol. The summed E-state index contributed by atoms with van der Waals surface area (Å²) in [5, 5.41) is 13.3. The van der Waals surface area contributed by atoms with Crippen molar-refractivity contribution in [2.45, 2.75) is 19.9 Å². The van der Waals surface area contributed by atoms with E-state index in [0.717, 1.165) is 15.9 Å². The number of aromatic nitrogens is 1. The maximum Gasteiger partial charge on any atom is 0.255 e. The van der Waals surface area contributed by atoms with Crippen LogP contribution in [0.5, 0.6) is 5.75 Å². The van der Waals surface area contributed by atoms with Crippen molar-refractivity contribution in [2.24, 2.45) is 0 Å². The number of carbonyl (C=O) groups is 1. The Labute approximate surface area is 123 Å². The Morgan fingerprint density at radius 2 is 2.32 bits per heavy atom. The van der Waals surface area contributed by atoms with E-state index >= 15 is 0 Å². The molecule has 1 aromatic carbocycles. The van der Waals surface area contributed by atoms with Gasteiger partial charge in [0.15, 0.2) is 0 Å². The second kappa shape index (κ2) is 6.16. The van der Waals surface area contributed by atoms with Gasteiger partial charge in [0.25, 0.3) is 5.91 Å². The SMILES string of the molecule is CCc1cnc(CNC(=O)c2ccc(Br)cc2O)s1. The van der Waals surface area contributed by atoms with Crippen molar-refractivity contribution >= 4 is 33.2 Å². The molecule has 1 aromatic heterocycles. The Morgan fingerprint density at radius 1 is 1.53 bits per heavy atom. The number of thiazole rings is 1. The number of benzene rings is 1. The smallest absolute Gasteiger partial charge is 0.255 e. The number of nitrogens with one attached hydrogen (secondary N) is 1. The van der Waals surface area contributed by atoms with Crippen molar-refractivity contribution in [1.29, 1.82) is 0 Å². The van der Waals surface area contributed by atoms with E-state index in [-0.39, 0.29) is 17.2 Å². The number of halogens is 1. The molecule has 100 valence electrons. The summed E-state index contributed by atoms with van der Waals surface area (Å²) in [6.07, 6.45) is 2.77. The third-order valence-electron chi connectivity index (χ3n) is 2.55. The zero-order valence-electron chi connectivity index (χ0n) is 10.3. The van der Waals surface area contributed by atoms with E-state index in [1.807, 2.05) is 6.20 Å². The second-order valence-corrected chi connectivity index (χ2v) is 6.03. The molecular weight excluding hydrogens is 328 g/mol. The van der Waals surface area contributed by atoms with Gasteiger partial charge < -0.3 is 10.4 Å². The van der Waals surface area contributed by atoms with Crippen LogP contribution in [0, 0.1) is 0 Å². The molecule has 0 radical (unpaired) electrons. The van der Waals surface area contributed by atoms with Crippen molar-refractivity contribution in [3.05, 3.63) is 44.3 Å². The van der Waals surface area contributed by atoms with Crippen molar-refractivity contribution in [1.82, 2.24) is 10.3 Å². The second-order valence-electron chi connectivity index (χ2n) is 3.92. The summed E-state index contributed by atoms with van der Waals surface area (Å²) >= 11 is 4.81. The van der Waals surface area contributed by atoms with E-state index in [0.29, 0.717) is 6.54 Å². The zero-order valence-corrected chi connectivity index (χ0v) is 12.7. The minimum Gasteiger partial charge on any atom is -0.507 e. The van der Waals surface area contributed by atoms with Crippen LogP contribution in [0.3, 0.4) is 0 Å². The van der Waals surface area contributed by atoms with Gasteiger partial charge in [-0.25, -0.2) is 4.98 Å². The van der Waals surface area contributed by atoms with Crippen molar-refractivity contribution in [3.63, 3.8) is 0 Å². The molecule has 0 unspecified atom stereocenters. The number of nitrogens with zero attached hydrogens (tertiary/aromatic N) is 1. The van der Waals surface area contributed by atoms with Crippen LogP contribution in [0.15, 0.2) is 28.9 Å². The van der Waals surface area contributed by atoms with E-state index in [2.05, 4.69) is 33.2 Å². The highest BCUT2D eigenvalue weighted by Gasteiger charge is 2.11. The molecule has 2 N–H and O–H groups in total. The fourth-order valence-electron chi connectivity index (χ4n) is 1.54. The largest absolute Gasteiger partial charge is 0.507 e. The number of hydrogen-bond acceptors (Lipinski definition) is 4. The summed E-state index contributed by atoms with van der Waals surface area (Å²) in [6.45, 7) is 2.44. The normalized spacial score (nSPS) is 10.4. The van der Waals surface area contributed by atoms with Crippen molar-refractivity contribution < 1.29 is 9.90 Å². The molecule has 2 rings (SSSR count). The summed E-state index contributed by atoms with van der Waals surface area (Å²) in [7, 11) is 0. The van der Waals surface area contributed by atoms with Gasteiger partial charge in [0.2, 0.25) is 0 Å². The van der Waals surface area contributed by atoms with Crippen LogP contribution >= 0.6 is 27.3 Å². The maximum absolute atomic E-state index is 11.9. The molecule has 19 heavy (non-hydrogen) atoms. The van der Waals surface area contributed by atoms with Gasteiger partial charge in [-0.2, -0.15) is 0 Å². The molecule has 2 aromatic rings. The average Bonchev–Trinajstić information content (AvgIpc) is 2.84. The first-order chi connectivity index (χ1) is 9.10. The maximum atomic E-state index is 11.9. The molecule has 0 bridgehead atoms. The van der Waals surface area contributed by atoms with Gasteiger partial charge in [-0.3, -0.25) is 4.79 Å². The fourth-order valence-corrected chi connectivity index (χ4v) is 2.69. The topological polar surface area (TPSA) is 62.2 Å². The van der Waals surface area contributed by atoms with Crippen molar-refractivity contribution in [3.8, 4) is 5.75 Å². The quantitative estimate of drug-likeness (QED) is 0.898. The molecule has 0 saturated carbocycles. The van der Waals surface area contributed by atoms with Gasteiger partial charge >= 0.3 is 0 Å². The number of amides is 1. The van der Waals surface area contributed by atoms with Crippen LogP contribution in [0.4, 0.5) is 0 Å². The molecule has 0 fully saturated rings. The van der Waals surface area contributed by atoms with Gasteiger partial charge in [-0.1, -0.05) is 22.9 Å². The lowest BCUT2D eigenvalue weighted by Crippen LogP contribution is -2.22. The van der Waals surface area contributed by atoms with Crippen LogP contribution in [-0.4, -0.2) is 16.0 Å². The molecule has 0 spiro atoms. The number of rotatable bonds is 4. The van der Waals surface area contributed by atoms with Gasteiger partial charge in [-0.15, -0.1) is 11.3 Å². The summed E-state index contributed by atoms with van der Waals surface area (Å²) in [5.41, 5.74) is 0.260. The highest BCUT2D eigenvalue weighted by molar-refractivity contribution is 9.10. The first-order valence-electron chi connectivity index (χ1n) is 5.80. The van der Waals surface area contributed by atoms with E-state index in [1.165, 1.54) is 10.9 Å². The van der Waals surface area contributed by atoms with Crippen LogP contribution in [0.25, 0.3) is 0 Å². The van der Waals surface area contributed by atoms with Gasteiger partial charge in [0.1, 0.15) is 10.8 Å². The summed E-state index contributed by atoms with van der Waals surface area (Å²) in [5.74, 6) is -0.349. The van der Waals surface area contributed by atoms with Crippen molar-refractivity contribution in [2.75, 3.05) is 0 Å². The predicted octanol–water partition coefficient (Wildman–Crippen LogP) is 3.10. The highest BCUT2D eigenvalue weighted by Crippen LogP contribution is 2.22. The molecule has 1 heterocycles. The first-order valence-corrected chi connectivity index (χ1v) is 7.41. The van der Waals surface area contributed by atoms with Gasteiger partial charge in [0.05, 0.1) is 12.1 Å². The molecule has 0 saturated heterocycles. The number of phenols is 1. The lowest BCUT2D eigenvalue weighted by atomic mass is 10.2. The molecule has 6 heteroatoms. The van der Waals surface area contributed by atoms with Crippen LogP contribution in [-0.2, 0) is 13.0 Å². The standard InChI is InChI=1S/C13H13BrN2O2S/c1-2-9-6-15-12(19-9)7-16-13(18)10-4-3-8(14)5-11(10)17/h3-6,17H,2,7H2,1H3,(H,16,18). The number of carbonyl (C=O) groups excluding carboxylic acids is 1. The minimum atomic E-state index is -0.307. The summed E-state index contributed by atoms with van der Waals surface area (Å²) in [6, 6.07) is 4.79. The average molecular weight is 341 g/mol. The summed E-state index contributed by atoms with van der Waals surface area (Å²) in [4.78, 5) is 17.3. The Morgan fingerprint density at radius 3 is 2.95 bits per heavy atom. The number of aromatic hydroxyl groups is 1. The lowest BCUT2D eigenvalue weighted by molar-refractivity contribution is 0.0948. The third-order valence-corrected chi connectivity index (χ3v) is 4.19. The Kier molecular flexibility index (Phi) is 4.55. The van der Waals surface area contributed by atoms with E-state index in [1.54, 1.807) is 23.5 Å². The van der Waals surface area contributed by atoms with Crippen LogP contribution in [0.2, 0.25) is 0 Å². The Hall–Kier alpha value is -1.40. The molecule has 0 aliphatic carbocycles. The zero-order chi connectivity index (χ0) is 13.8. The van der Waals surface area contributed by atoms with Crippen LogP contribution in [0.1, 0.15) is 27.2 Å². The molecule has 1 amide bonds. The summed E-state index contributed by atoms with van der Waals surface area (Å²) < 4.78 is 0.731. The molecular formula is C13H13BrN2O2S. The van der Waals surface area contributed by atoms with E-state index in [4.69, 9.17) is 0 Å². The number of aryl methyl sites for hydroxylation is 1. The van der Waals surface area contributed by atoms with Crippen LogP contribution < -0.4 is 5.32 Å². The molecule has 0 aliphatic heterocycles. The third kappa shape index (κ3) is 3.54. The first kappa shape index (κ1) is 14.0. The monoisotopic (exact) mass is 340 g/mol. The Balaban J connectivity index is 2.01. The van der Waals surface area contributed by atoms with E-state index < -0.39 is 0 Å². The Bertz CT molecular complexity index is 598. The van der Waals surface area contributed by atoms with Gasteiger partial charge in [-0.05, 0) is 24.6 Å². The number of hydrogen-bond donors (Lipinski definition) is 2. The minimum absolute atomic E-state index is 0.0414. The molecule has 0 aliphatic rings. The van der Waals surface area contributed by atoms with E-state index in [9.17, 15) is 9.90 Å². The molecule has 4 nitrogen and oxygen atoms in total. The number of phenolic OH excluding ortho intramolecular Hbond substituents is 1. The molecule has 0 atom stereocenters.